The molecule has 3 rings (SSSR count). The minimum Gasteiger partial charge on any atom is -0.366 e. The second-order valence-corrected chi connectivity index (χ2v) is 6.24. The third kappa shape index (κ3) is 3.47. The maximum atomic E-state index is 13.9. The first-order chi connectivity index (χ1) is 11.7. The van der Waals surface area contributed by atoms with Crippen molar-refractivity contribution in [3.63, 3.8) is 0 Å². The van der Waals surface area contributed by atoms with Gasteiger partial charge in [-0.1, -0.05) is 12.1 Å². The summed E-state index contributed by atoms with van der Waals surface area (Å²) in [5, 5.41) is 13.1. The second kappa shape index (κ2) is 7.28. The van der Waals surface area contributed by atoms with Gasteiger partial charge in [-0.2, -0.15) is 16.6 Å². The van der Waals surface area contributed by atoms with E-state index in [9.17, 15) is 14.4 Å². The summed E-state index contributed by atoms with van der Waals surface area (Å²) in [6, 6.07) is 10.5. The molecule has 1 aliphatic heterocycles. The Hall–Kier alpha value is -2.65. The number of nitriles is 1. The number of thiophene rings is 1. The third-order valence-electron chi connectivity index (χ3n) is 3.97. The zero-order valence-corrected chi connectivity index (χ0v) is 13.8. The van der Waals surface area contributed by atoms with E-state index in [4.69, 9.17) is 0 Å². The van der Waals surface area contributed by atoms with Gasteiger partial charge in [-0.3, -0.25) is 4.79 Å². The zero-order chi connectivity index (χ0) is 16.9. The van der Waals surface area contributed by atoms with Crippen LogP contribution in [0.4, 0.5) is 10.1 Å². The quantitative estimate of drug-likeness (QED) is 0.636. The molecule has 1 aromatic heterocycles. The second-order valence-electron chi connectivity index (χ2n) is 5.46. The first-order valence-corrected chi connectivity index (χ1v) is 8.56. The number of para-hydroxylation sites is 1. The highest BCUT2D eigenvalue weighted by atomic mass is 32.1. The number of nitrogens with zero attached hydrogens (tertiary/aromatic N) is 3. The van der Waals surface area contributed by atoms with Crippen LogP contribution in [0.15, 0.2) is 46.7 Å². The summed E-state index contributed by atoms with van der Waals surface area (Å²) in [7, 11) is 0. The van der Waals surface area contributed by atoms with Crippen LogP contribution in [0.2, 0.25) is 0 Å². The molecule has 1 fully saturated rings. The predicted octanol–water partition coefficient (Wildman–Crippen LogP) is 3.14. The Labute approximate surface area is 144 Å². The lowest BCUT2D eigenvalue weighted by atomic mass is 10.1. The van der Waals surface area contributed by atoms with Gasteiger partial charge < -0.3 is 9.80 Å². The Balaban J connectivity index is 1.67. The van der Waals surface area contributed by atoms with E-state index in [0.29, 0.717) is 31.9 Å². The number of anilines is 1. The average Bonchev–Trinajstić information content (AvgIpc) is 3.13. The molecule has 1 amide bonds. The average molecular weight is 341 g/mol. The number of carbonyl (C=O) groups is 1. The number of piperazine rings is 1. The predicted molar refractivity (Wildman–Crippen MR) is 93.1 cm³/mol. The molecule has 0 bridgehead atoms. The van der Waals surface area contributed by atoms with Crippen LogP contribution in [0.25, 0.3) is 6.08 Å². The molecule has 1 aromatic carbocycles. The van der Waals surface area contributed by atoms with Crippen LogP contribution >= 0.6 is 11.3 Å². The van der Waals surface area contributed by atoms with Crippen molar-refractivity contribution < 1.29 is 9.18 Å². The summed E-state index contributed by atoms with van der Waals surface area (Å²) >= 11 is 1.52. The molecule has 1 saturated heterocycles. The van der Waals surface area contributed by atoms with Crippen LogP contribution in [0, 0.1) is 17.1 Å². The van der Waals surface area contributed by atoms with E-state index in [0.717, 1.165) is 5.56 Å². The summed E-state index contributed by atoms with van der Waals surface area (Å²) in [4.78, 5) is 16.1. The molecular weight excluding hydrogens is 325 g/mol. The van der Waals surface area contributed by atoms with Crippen molar-refractivity contribution in [2.24, 2.45) is 0 Å². The van der Waals surface area contributed by atoms with E-state index in [1.807, 2.05) is 27.8 Å². The number of rotatable bonds is 3. The van der Waals surface area contributed by atoms with E-state index in [2.05, 4.69) is 0 Å². The Morgan fingerprint density at radius 1 is 1.21 bits per heavy atom. The van der Waals surface area contributed by atoms with Crippen molar-refractivity contribution in [3.8, 4) is 6.07 Å². The normalized spacial score (nSPS) is 15.2. The van der Waals surface area contributed by atoms with Crippen LogP contribution in [0.1, 0.15) is 5.56 Å². The largest absolute Gasteiger partial charge is 0.366 e. The number of hydrogen-bond donors (Lipinski definition) is 0. The van der Waals surface area contributed by atoms with Gasteiger partial charge in [-0.05, 0) is 40.6 Å². The Morgan fingerprint density at radius 3 is 2.58 bits per heavy atom. The van der Waals surface area contributed by atoms with E-state index >= 15 is 0 Å². The van der Waals surface area contributed by atoms with Crippen LogP contribution in [0.3, 0.4) is 0 Å². The van der Waals surface area contributed by atoms with Crippen LogP contribution in [-0.2, 0) is 4.79 Å². The molecule has 6 heteroatoms. The number of amides is 1. The van der Waals surface area contributed by atoms with Crippen molar-refractivity contribution in [2.75, 3.05) is 31.1 Å². The van der Waals surface area contributed by atoms with Crippen molar-refractivity contribution in [1.29, 1.82) is 5.26 Å². The number of carbonyl (C=O) groups excluding carboxylic acids is 1. The molecule has 24 heavy (non-hydrogen) atoms. The van der Waals surface area contributed by atoms with Crippen molar-refractivity contribution in [2.45, 2.75) is 0 Å². The van der Waals surface area contributed by atoms with Crippen molar-refractivity contribution in [3.05, 3.63) is 58.0 Å². The molecule has 0 unspecified atom stereocenters. The van der Waals surface area contributed by atoms with Crippen LogP contribution < -0.4 is 4.90 Å². The molecule has 4 nitrogen and oxygen atoms in total. The van der Waals surface area contributed by atoms with Gasteiger partial charge in [0, 0.05) is 26.2 Å². The lowest BCUT2D eigenvalue weighted by molar-refractivity contribution is -0.126. The van der Waals surface area contributed by atoms with Crippen LogP contribution in [0.5, 0.6) is 0 Å². The van der Waals surface area contributed by atoms with Crippen molar-refractivity contribution in [1.82, 2.24) is 4.90 Å². The highest BCUT2D eigenvalue weighted by Gasteiger charge is 2.24. The number of benzene rings is 1. The minimum absolute atomic E-state index is 0.132. The smallest absolute Gasteiger partial charge is 0.264 e. The number of halogens is 1. The first-order valence-electron chi connectivity index (χ1n) is 7.62. The fraction of sp³-hybridized carbons (Fsp3) is 0.222. The summed E-state index contributed by atoms with van der Waals surface area (Å²) in [6.07, 6.45) is 1.61. The Kier molecular flexibility index (Phi) is 4.92. The summed E-state index contributed by atoms with van der Waals surface area (Å²) in [6.45, 7) is 2.03. The Bertz CT molecular complexity index is 787. The van der Waals surface area contributed by atoms with Gasteiger partial charge >= 0.3 is 0 Å². The summed E-state index contributed by atoms with van der Waals surface area (Å²) in [5.74, 6) is -0.524. The van der Waals surface area contributed by atoms with Gasteiger partial charge in [0.05, 0.1) is 5.69 Å². The van der Waals surface area contributed by atoms with Gasteiger partial charge in [-0.25, -0.2) is 4.39 Å². The van der Waals surface area contributed by atoms with Crippen LogP contribution in [-0.4, -0.2) is 37.0 Å². The minimum atomic E-state index is -0.267. The number of hydrogen-bond acceptors (Lipinski definition) is 4. The molecule has 0 aliphatic carbocycles. The molecule has 1 aliphatic rings. The van der Waals surface area contributed by atoms with Gasteiger partial charge in [0.25, 0.3) is 5.91 Å². The molecule has 2 aromatic rings. The summed E-state index contributed by atoms with van der Waals surface area (Å²) < 4.78 is 13.9. The topological polar surface area (TPSA) is 47.3 Å². The molecule has 0 atom stereocenters. The van der Waals surface area contributed by atoms with E-state index in [1.165, 1.54) is 17.4 Å². The fourth-order valence-corrected chi connectivity index (χ4v) is 3.31. The van der Waals surface area contributed by atoms with Gasteiger partial charge in [0.15, 0.2) is 0 Å². The molecule has 0 N–H and O–H groups in total. The molecule has 0 radical (unpaired) electrons. The highest BCUT2D eigenvalue weighted by molar-refractivity contribution is 7.08. The molecule has 122 valence electrons. The van der Waals surface area contributed by atoms with Gasteiger partial charge in [0.1, 0.15) is 17.5 Å². The molecule has 2 heterocycles. The fourth-order valence-electron chi connectivity index (χ4n) is 2.69. The van der Waals surface area contributed by atoms with Crippen molar-refractivity contribution >= 4 is 29.0 Å². The highest BCUT2D eigenvalue weighted by Crippen LogP contribution is 2.21. The maximum Gasteiger partial charge on any atom is 0.264 e. The lowest BCUT2D eigenvalue weighted by Crippen LogP contribution is -2.49. The monoisotopic (exact) mass is 341 g/mol. The lowest BCUT2D eigenvalue weighted by Gasteiger charge is -2.36. The van der Waals surface area contributed by atoms with E-state index in [1.54, 1.807) is 29.2 Å². The first kappa shape index (κ1) is 16.2. The molecular formula is C18H16FN3OS. The van der Waals surface area contributed by atoms with E-state index in [-0.39, 0.29) is 17.3 Å². The molecule has 0 spiro atoms. The SMILES string of the molecule is N#C/C(=C\c1ccsc1)C(=O)N1CCN(c2ccccc2F)CC1. The standard InChI is InChI=1S/C18H16FN3OS/c19-16-3-1-2-4-17(16)21-6-8-22(9-7-21)18(23)15(12-20)11-14-5-10-24-13-14/h1-5,10-11,13H,6-9H2/b15-11+. The molecule has 0 saturated carbocycles. The summed E-state index contributed by atoms with van der Waals surface area (Å²) in [5.41, 5.74) is 1.54. The van der Waals surface area contributed by atoms with E-state index < -0.39 is 0 Å². The Morgan fingerprint density at radius 2 is 1.96 bits per heavy atom. The maximum absolute atomic E-state index is 13.9. The zero-order valence-electron chi connectivity index (χ0n) is 13.0. The van der Waals surface area contributed by atoms with Gasteiger partial charge in [0.2, 0.25) is 0 Å². The van der Waals surface area contributed by atoms with Gasteiger partial charge in [-0.15, -0.1) is 0 Å². The third-order valence-corrected chi connectivity index (χ3v) is 4.67.